The first-order valence-electron chi connectivity index (χ1n) is 8.37. The third-order valence-corrected chi connectivity index (χ3v) is 3.89. The van der Waals surface area contributed by atoms with Gasteiger partial charge in [0.25, 0.3) is 0 Å². The summed E-state index contributed by atoms with van der Waals surface area (Å²) < 4.78 is 27.0. The summed E-state index contributed by atoms with van der Waals surface area (Å²) in [5.74, 6) is -0.138. The zero-order chi connectivity index (χ0) is 19.6. The molecular weight excluding hydrogens is 354 g/mol. The van der Waals surface area contributed by atoms with E-state index >= 15 is 0 Å². The second-order valence-electron chi connectivity index (χ2n) is 6.36. The van der Waals surface area contributed by atoms with E-state index in [1.807, 2.05) is 19.9 Å². The van der Waals surface area contributed by atoms with Crippen LogP contribution in [-0.2, 0) is 0 Å². The number of aromatic amines is 1. The first kappa shape index (κ1) is 18.5. The van der Waals surface area contributed by atoms with Crippen molar-refractivity contribution in [1.82, 2.24) is 25.1 Å². The third-order valence-electron chi connectivity index (χ3n) is 3.89. The van der Waals surface area contributed by atoms with Crippen LogP contribution in [0.1, 0.15) is 44.0 Å². The number of nitrogens with two attached hydrogens (primary N) is 1. The van der Waals surface area contributed by atoms with Gasteiger partial charge in [0.1, 0.15) is 11.6 Å². The van der Waals surface area contributed by atoms with Crippen LogP contribution in [0.3, 0.4) is 0 Å². The van der Waals surface area contributed by atoms with Crippen molar-refractivity contribution in [3.05, 3.63) is 47.2 Å². The van der Waals surface area contributed by atoms with Crippen molar-refractivity contribution in [2.24, 2.45) is 0 Å². The lowest BCUT2D eigenvalue weighted by molar-refractivity contribution is 0.566. The summed E-state index contributed by atoms with van der Waals surface area (Å²) in [7, 11) is 0. The molecule has 0 bridgehead atoms. The predicted octanol–water partition coefficient (Wildman–Crippen LogP) is 3.50. The van der Waals surface area contributed by atoms with Gasteiger partial charge in [0.15, 0.2) is 5.82 Å². The first-order valence-corrected chi connectivity index (χ1v) is 8.37. The van der Waals surface area contributed by atoms with E-state index in [0.29, 0.717) is 11.7 Å². The van der Waals surface area contributed by atoms with Crippen molar-refractivity contribution < 1.29 is 8.78 Å². The van der Waals surface area contributed by atoms with Crippen molar-refractivity contribution >= 4 is 23.7 Å². The van der Waals surface area contributed by atoms with Gasteiger partial charge in [-0.2, -0.15) is 20.1 Å². The van der Waals surface area contributed by atoms with Gasteiger partial charge in [-0.1, -0.05) is 19.9 Å². The Morgan fingerprint density at radius 3 is 2.44 bits per heavy atom. The topological polar surface area (TPSA) is 117 Å². The van der Waals surface area contributed by atoms with E-state index < -0.39 is 17.7 Å². The molecule has 3 aromatic rings. The molecule has 1 atom stereocenters. The molecule has 10 heteroatoms. The molecule has 27 heavy (non-hydrogen) atoms. The summed E-state index contributed by atoms with van der Waals surface area (Å²) in [6.45, 7) is 5.78. The van der Waals surface area contributed by atoms with Gasteiger partial charge in [-0.15, -0.1) is 0 Å². The Bertz CT molecular complexity index is 940. The predicted molar refractivity (Wildman–Crippen MR) is 98.6 cm³/mol. The number of benzene rings is 1. The molecule has 1 unspecified atom stereocenters. The van der Waals surface area contributed by atoms with Crippen molar-refractivity contribution in [2.75, 3.05) is 16.4 Å². The summed E-state index contributed by atoms with van der Waals surface area (Å²) in [5.41, 5.74) is 6.97. The van der Waals surface area contributed by atoms with E-state index in [-0.39, 0.29) is 23.4 Å². The zero-order valence-electron chi connectivity index (χ0n) is 15.1. The summed E-state index contributed by atoms with van der Waals surface area (Å²) in [6, 6.07) is 4.71. The SMILES string of the molecule is CC(C)c1cc(Nc2nc(N)nc(NC(C)c3ccc(F)cc3F)n2)n[nH]1. The average Bonchev–Trinajstić information content (AvgIpc) is 3.02. The smallest absolute Gasteiger partial charge is 0.235 e. The molecule has 0 saturated carbocycles. The van der Waals surface area contributed by atoms with E-state index in [1.54, 1.807) is 6.92 Å². The van der Waals surface area contributed by atoms with Crippen LogP contribution in [0.2, 0.25) is 0 Å². The molecule has 0 spiro atoms. The van der Waals surface area contributed by atoms with Crippen molar-refractivity contribution in [1.29, 1.82) is 0 Å². The maximum absolute atomic E-state index is 13.9. The average molecular weight is 374 g/mol. The number of H-pyrrole nitrogens is 1. The number of nitrogens with zero attached hydrogens (tertiary/aromatic N) is 4. The van der Waals surface area contributed by atoms with Crippen LogP contribution in [-0.4, -0.2) is 25.1 Å². The molecule has 2 aromatic heterocycles. The zero-order valence-corrected chi connectivity index (χ0v) is 15.1. The number of halogens is 2. The fraction of sp³-hybridized carbons (Fsp3) is 0.294. The molecule has 5 N–H and O–H groups in total. The van der Waals surface area contributed by atoms with Crippen LogP contribution in [0.15, 0.2) is 24.3 Å². The monoisotopic (exact) mass is 374 g/mol. The summed E-state index contributed by atoms with van der Waals surface area (Å²) in [6.07, 6.45) is 0. The molecular formula is C17H20F2N8. The van der Waals surface area contributed by atoms with Gasteiger partial charge in [-0.3, -0.25) is 5.10 Å². The van der Waals surface area contributed by atoms with Crippen molar-refractivity contribution in [2.45, 2.75) is 32.7 Å². The van der Waals surface area contributed by atoms with Gasteiger partial charge in [-0.05, 0) is 18.9 Å². The van der Waals surface area contributed by atoms with Crippen molar-refractivity contribution in [3.63, 3.8) is 0 Å². The molecule has 1 aromatic carbocycles. The quantitative estimate of drug-likeness (QED) is 0.521. The van der Waals surface area contributed by atoms with Gasteiger partial charge in [0.2, 0.25) is 17.8 Å². The van der Waals surface area contributed by atoms with Gasteiger partial charge in [0, 0.05) is 23.4 Å². The third kappa shape index (κ3) is 4.46. The summed E-state index contributed by atoms with van der Waals surface area (Å²) in [4.78, 5) is 12.2. The van der Waals surface area contributed by atoms with Crippen LogP contribution in [0, 0.1) is 11.6 Å². The fourth-order valence-electron chi connectivity index (χ4n) is 2.45. The highest BCUT2D eigenvalue weighted by Gasteiger charge is 2.15. The van der Waals surface area contributed by atoms with Gasteiger partial charge in [0.05, 0.1) is 6.04 Å². The molecule has 0 radical (unpaired) electrons. The molecule has 8 nitrogen and oxygen atoms in total. The van der Waals surface area contributed by atoms with Gasteiger partial charge < -0.3 is 16.4 Å². The van der Waals surface area contributed by atoms with E-state index in [9.17, 15) is 8.78 Å². The Balaban J connectivity index is 1.78. The molecule has 2 heterocycles. The van der Waals surface area contributed by atoms with Crippen LogP contribution < -0.4 is 16.4 Å². The fourth-order valence-corrected chi connectivity index (χ4v) is 2.45. The molecule has 3 rings (SSSR count). The summed E-state index contributed by atoms with van der Waals surface area (Å²) in [5, 5.41) is 12.9. The number of anilines is 4. The highest BCUT2D eigenvalue weighted by molar-refractivity contribution is 5.51. The van der Waals surface area contributed by atoms with Gasteiger partial charge >= 0.3 is 0 Å². The van der Waals surface area contributed by atoms with Crippen LogP contribution in [0.5, 0.6) is 0 Å². The number of hydrogen-bond acceptors (Lipinski definition) is 7. The molecule has 0 aliphatic rings. The lowest BCUT2D eigenvalue weighted by Gasteiger charge is -2.15. The van der Waals surface area contributed by atoms with E-state index in [1.165, 1.54) is 12.1 Å². The number of aromatic nitrogens is 5. The second-order valence-corrected chi connectivity index (χ2v) is 6.36. The molecule has 0 amide bonds. The van der Waals surface area contributed by atoms with Gasteiger partial charge in [-0.25, -0.2) is 8.78 Å². The van der Waals surface area contributed by atoms with Crippen LogP contribution >= 0.6 is 0 Å². The van der Waals surface area contributed by atoms with E-state index in [0.717, 1.165) is 11.8 Å². The first-order chi connectivity index (χ1) is 12.8. The lowest BCUT2D eigenvalue weighted by atomic mass is 10.1. The van der Waals surface area contributed by atoms with Crippen LogP contribution in [0.25, 0.3) is 0 Å². The highest BCUT2D eigenvalue weighted by Crippen LogP contribution is 2.22. The molecule has 0 aliphatic heterocycles. The molecule has 0 saturated heterocycles. The Kier molecular flexibility index (Phi) is 5.15. The number of hydrogen-bond donors (Lipinski definition) is 4. The normalized spacial score (nSPS) is 12.2. The minimum Gasteiger partial charge on any atom is -0.368 e. The maximum Gasteiger partial charge on any atom is 0.235 e. The summed E-state index contributed by atoms with van der Waals surface area (Å²) >= 11 is 0. The number of nitrogens with one attached hydrogen (secondary N) is 3. The Hall–Kier alpha value is -3.30. The molecule has 0 aliphatic carbocycles. The highest BCUT2D eigenvalue weighted by atomic mass is 19.1. The Morgan fingerprint density at radius 2 is 1.78 bits per heavy atom. The Morgan fingerprint density at radius 1 is 1.04 bits per heavy atom. The second kappa shape index (κ2) is 7.52. The molecule has 142 valence electrons. The number of nitrogen functional groups attached to an aromatic ring is 1. The lowest BCUT2D eigenvalue weighted by Crippen LogP contribution is -2.14. The van der Waals surface area contributed by atoms with Crippen molar-refractivity contribution in [3.8, 4) is 0 Å². The standard InChI is InChI=1S/C17H20F2N8/c1-8(2)13-7-14(27-26-13)22-17-24-15(20)23-16(25-17)21-9(3)11-5-4-10(18)6-12(11)19/h4-9H,1-3H3,(H5,20,21,22,23,24,25,26,27). The number of rotatable bonds is 6. The minimum atomic E-state index is -0.659. The largest absolute Gasteiger partial charge is 0.368 e. The van der Waals surface area contributed by atoms with Crippen LogP contribution in [0.4, 0.5) is 32.4 Å². The molecule has 0 fully saturated rings. The van der Waals surface area contributed by atoms with E-state index in [4.69, 9.17) is 5.73 Å². The maximum atomic E-state index is 13.9. The van der Waals surface area contributed by atoms with E-state index in [2.05, 4.69) is 35.8 Å². The minimum absolute atomic E-state index is 0.0126. The Labute approximate surface area is 154 Å².